The molecule has 0 radical (unpaired) electrons. The van der Waals surface area contributed by atoms with Gasteiger partial charge in [-0.2, -0.15) is 0 Å². The van der Waals surface area contributed by atoms with E-state index >= 15 is 0 Å². The molecule has 4 rings (SSSR count). The van der Waals surface area contributed by atoms with Gasteiger partial charge in [-0.05, 0) is 57.4 Å². The molecule has 1 aromatic rings. The predicted octanol–water partition coefficient (Wildman–Crippen LogP) is 2.61. The molecule has 1 aromatic carbocycles. The summed E-state index contributed by atoms with van der Waals surface area (Å²) in [4.78, 5) is 19.5. The number of benzene rings is 1. The molecule has 3 heterocycles. The Bertz CT molecular complexity index is 627. The molecule has 3 aliphatic heterocycles. The average Bonchev–Trinajstić information content (AvgIpc) is 2.72. The largest absolute Gasteiger partial charge is 0.384 e. The number of hydrogen-bond acceptors (Lipinski definition) is 4. The van der Waals surface area contributed by atoms with Crippen LogP contribution in [0, 0.1) is 5.41 Å². The minimum atomic E-state index is 0.265. The number of carbonyl (C=O) groups excluding carboxylic acids is 1. The molecule has 0 aromatic heterocycles. The highest BCUT2D eigenvalue weighted by molar-refractivity contribution is 5.77. The molecule has 3 aliphatic rings. The van der Waals surface area contributed by atoms with Crippen LogP contribution in [-0.2, 0) is 16.1 Å². The highest BCUT2D eigenvalue weighted by Gasteiger charge is 2.47. The number of carbonyl (C=O) groups is 1. The Morgan fingerprint density at radius 2 is 1.75 bits per heavy atom. The molecule has 154 valence electrons. The molecular weight excluding hydrogens is 350 g/mol. The molecule has 3 saturated heterocycles. The molecule has 1 spiro atoms. The van der Waals surface area contributed by atoms with E-state index in [1.165, 1.54) is 57.4 Å². The smallest absolute Gasteiger partial charge is 0.224 e. The third-order valence-electron chi connectivity index (χ3n) is 7.11. The van der Waals surface area contributed by atoms with E-state index in [2.05, 4.69) is 40.1 Å². The highest BCUT2D eigenvalue weighted by Crippen LogP contribution is 2.41. The van der Waals surface area contributed by atoms with Gasteiger partial charge in [0.2, 0.25) is 5.91 Å². The monoisotopic (exact) mass is 385 g/mol. The maximum absolute atomic E-state index is 12.1. The number of nitrogens with zero attached hydrogens (tertiary/aromatic N) is 3. The first-order valence-electron chi connectivity index (χ1n) is 10.9. The van der Waals surface area contributed by atoms with Gasteiger partial charge in [-0.25, -0.2) is 0 Å². The molecule has 0 aliphatic carbocycles. The second-order valence-corrected chi connectivity index (χ2v) is 9.02. The zero-order chi connectivity index (χ0) is 19.4. The molecular formula is C23H35N3O2. The van der Waals surface area contributed by atoms with Gasteiger partial charge in [-0.3, -0.25) is 9.69 Å². The molecule has 0 bridgehead atoms. The zero-order valence-corrected chi connectivity index (χ0v) is 17.3. The van der Waals surface area contributed by atoms with Gasteiger partial charge in [0.25, 0.3) is 0 Å². The molecule has 0 unspecified atom stereocenters. The number of methoxy groups -OCH3 is 1. The van der Waals surface area contributed by atoms with Gasteiger partial charge >= 0.3 is 0 Å². The van der Waals surface area contributed by atoms with Crippen LogP contribution in [0.15, 0.2) is 30.3 Å². The topological polar surface area (TPSA) is 36.0 Å². The first kappa shape index (κ1) is 19.9. The van der Waals surface area contributed by atoms with Gasteiger partial charge in [0.05, 0.1) is 13.0 Å². The second-order valence-electron chi connectivity index (χ2n) is 9.02. The van der Waals surface area contributed by atoms with Crippen LogP contribution in [0.4, 0.5) is 0 Å². The van der Waals surface area contributed by atoms with Crippen LogP contribution in [-0.4, -0.2) is 79.6 Å². The van der Waals surface area contributed by atoms with Crippen LogP contribution in [0.5, 0.6) is 0 Å². The summed E-state index contributed by atoms with van der Waals surface area (Å²) in [5.74, 6) is 0.265. The van der Waals surface area contributed by atoms with Crippen molar-refractivity contribution in [3.05, 3.63) is 35.9 Å². The zero-order valence-electron chi connectivity index (χ0n) is 17.3. The number of ether oxygens (including phenoxy) is 1. The lowest BCUT2D eigenvalue weighted by molar-refractivity contribution is -0.148. The van der Waals surface area contributed by atoms with Crippen LogP contribution in [0.2, 0.25) is 0 Å². The van der Waals surface area contributed by atoms with Crippen molar-refractivity contribution in [3.8, 4) is 0 Å². The summed E-state index contributed by atoms with van der Waals surface area (Å²) >= 11 is 0. The van der Waals surface area contributed by atoms with E-state index in [-0.39, 0.29) is 5.91 Å². The van der Waals surface area contributed by atoms with Crippen molar-refractivity contribution in [1.29, 1.82) is 0 Å². The Hall–Kier alpha value is -1.43. The van der Waals surface area contributed by atoms with E-state index < -0.39 is 0 Å². The minimum Gasteiger partial charge on any atom is -0.384 e. The van der Waals surface area contributed by atoms with E-state index in [9.17, 15) is 4.79 Å². The van der Waals surface area contributed by atoms with Crippen molar-refractivity contribution in [3.63, 3.8) is 0 Å². The number of hydrogen-bond donors (Lipinski definition) is 0. The predicted molar refractivity (Wildman–Crippen MR) is 111 cm³/mol. The standard InChI is InChI=1S/C23H35N3O2/c1-28-16-9-22(27)26-18-23(19-26)10-14-25(15-11-23)21-7-12-24(13-8-21)17-20-5-3-2-4-6-20/h2-6,21H,7-19H2,1H3. The van der Waals surface area contributed by atoms with E-state index in [0.717, 1.165) is 25.7 Å². The van der Waals surface area contributed by atoms with E-state index in [1.54, 1.807) is 7.11 Å². The fourth-order valence-electron chi connectivity index (χ4n) is 5.25. The normalized spacial score (nSPS) is 23.7. The van der Waals surface area contributed by atoms with Gasteiger partial charge < -0.3 is 14.5 Å². The van der Waals surface area contributed by atoms with Crippen molar-refractivity contribution in [2.75, 3.05) is 53.0 Å². The van der Waals surface area contributed by atoms with Gasteiger partial charge in [0.15, 0.2) is 0 Å². The number of piperidine rings is 2. The number of likely N-dealkylation sites (tertiary alicyclic amines) is 3. The van der Waals surface area contributed by atoms with Crippen LogP contribution < -0.4 is 0 Å². The Balaban J connectivity index is 1.17. The molecule has 5 heteroatoms. The Kier molecular flexibility index (Phi) is 6.34. The van der Waals surface area contributed by atoms with Crippen molar-refractivity contribution in [1.82, 2.24) is 14.7 Å². The Labute approximate surface area is 169 Å². The lowest BCUT2D eigenvalue weighted by Crippen LogP contribution is -2.62. The number of rotatable bonds is 6. The first-order chi connectivity index (χ1) is 13.7. The van der Waals surface area contributed by atoms with Crippen LogP contribution >= 0.6 is 0 Å². The quantitative estimate of drug-likeness (QED) is 0.754. The fourth-order valence-corrected chi connectivity index (χ4v) is 5.25. The third kappa shape index (κ3) is 4.58. The third-order valence-corrected chi connectivity index (χ3v) is 7.11. The fraction of sp³-hybridized carbons (Fsp3) is 0.696. The first-order valence-corrected chi connectivity index (χ1v) is 10.9. The molecule has 28 heavy (non-hydrogen) atoms. The van der Waals surface area contributed by atoms with Crippen LogP contribution in [0.1, 0.15) is 37.7 Å². The van der Waals surface area contributed by atoms with Gasteiger partial charge in [0, 0.05) is 38.2 Å². The number of amides is 1. The Morgan fingerprint density at radius 3 is 2.39 bits per heavy atom. The maximum Gasteiger partial charge on any atom is 0.224 e. The summed E-state index contributed by atoms with van der Waals surface area (Å²) in [6.45, 7) is 8.42. The lowest BCUT2D eigenvalue weighted by Gasteiger charge is -2.55. The highest BCUT2D eigenvalue weighted by atomic mass is 16.5. The summed E-state index contributed by atoms with van der Waals surface area (Å²) in [6.07, 6.45) is 5.62. The Morgan fingerprint density at radius 1 is 1.07 bits per heavy atom. The molecule has 5 nitrogen and oxygen atoms in total. The van der Waals surface area contributed by atoms with E-state index in [4.69, 9.17) is 4.74 Å². The van der Waals surface area contributed by atoms with Crippen LogP contribution in [0.3, 0.4) is 0 Å². The maximum atomic E-state index is 12.1. The molecule has 3 fully saturated rings. The lowest BCUT2D eigenvalue weighted by atomic mass is 9.71. The van der Waals surface area contributed by atoms with Crippen molar-refractivity contribution in [2.24, 2.45) is 5.41 Å². The van der Waals surface area contributed by atoms with Crippen molar-refractivity contribution >= 4 is 5.91 Å². The SMILES string of the molecule is COCCC(=O)N1CC2(CCN(C3CCN(Cc4ccccc4)CC3)CC2)C1. The average molecular weight is 386 g/mol. The van der Waals surface area contributed by atoms with Crippen molar-refractivity contribution in [2.45, 2.75) is 44.7 Å². The van der Waals surface area contributed by atoms with E-state index in [0.29, 0.717) is 18.4 Å². The molecule has 0 saturated carbocycles. The van der Waals surface area contributed by atoms with Crippen molar-refractivity contribution < 1.29 is 9.53 Å². The van der Waals surface area contributed by atoms with Gasteiger partial charge in [-0.1, -0.05) is 30.3 Å². The van der Waals surface area contributed by atoms with Gasteiger partial charge in [0.1, 0.15) is 0 Å². The summed E-state index contributed by atoms with van der Waals surface area (Å²) in [5.41, 5.74) is 1.84. The molecule has 0 N–H and O–H groups in total. The summed E-state index contributed by atoms with van der Waals surface area (Å²) in [6, 6.07) is 11.6. The second kappa shape index (κ2) is 8.93. The van der Waals surface area contributed by atoms with E-state index in [1.807, 2.05) is 4.90 Å². The van der Waals surface area contributed by atoms with Gasteiger partial charge in [-0.15, -0.1) is 0 Å². The molecule has 1 amide bonds. The summed E-state index contributed by atoms with van der Waals surface area (Å²) in [7, 11) is 1.66. The van der Waals surface area contributed by atoms with Crippen LogP contribution in [0.25, 0.3) is 0 Å². The minimum absolute atomic E-state index is 0.265. The molecule has 0 atom stereocenters. The summed E-state index contributed by atoms with van der Waals surface area (Å²) in [5, 5.41) is 0. The summed E-state index contributed by atoms with van der Waals surface area (Å²) < 4.78 is 5.03.